The number of hydrogen-bond donors (Lipinski definition) is 1. The van der Waals surface area contributed by atoms with Gasteiger partial charge in [-0.15, -0.1) is 0 Å². The van der Waals surface area contributed by atoms with E-state index in [1.165, 1.54) is 12.1 Å². The molecule has 1 heterocycles. The fraction of sp³-hybridized carbons (Fsp3) is 0.286. The van der Waals surface area contributed by atoms with E-state index in [1.54, 1.807) is 6.33 Å². The van der Waals surface area contributed by atoms with Crippen LogP contribution in [0.1, 0.15) is 19.4 Å². The maximum absolute atomic E-state index is 13.2. The van der Waals surface area contributed by atoms with E-state index in [2.05, 4.69) is 10.3 Å². The van der Waals surface area contributed by atoms with Crippen LogP contribution in [-0.2, 0) is 17.8 Å². The Labute approximate surface area is 168 Å². The molecule has 0 amide bonds. The third-order valence-electron chi connectivity index (χ3n) is 4.97. The van der Waals surface area contributed by atoms with E-state index in [0.29, 0.717) is 29.4 Å². The van der Waals surface area contributed by atoms with Crippen molar-refractivity contribution in [2.24, 2.45) is 7.05 Å². The summed E-state index contributed by atoms with van der Waals surface area (Å²) in [4.78, 5) is 4.39. The van der Waals surface area contributed by atoms with Crippen LogP contribution in [0.25, 0.3) is 11.3 Å². The Hall–Kier alpha value is -2.53. The first kappa shape index (κ1) is 21.2. The molecule has 8 heteroatoms. The molecule has 3 rings (SSSR count). The molecule has 0 aliphatic rings. The lowest BCUT2D eigenvalue weighted by Crippen LogP contribution is -2.10. The van der Waals surface area contributed by atoms with Crippen molar-refractivity contribution in [1.29, 1.82) is 0 Å². The lowest BCUT2D eigenvalue weighted by atomic mass is 10.1. The van der Waals surface area contributed by atoms with E-state index in [0.717, 1.165) is 23.0 Å². The number of anilines is 2. The summed E-state index contributed by atoms with van der Waals surface area (Å²) in [6.07, 6.45) is 0.275. The summed E-state index contributed by atoms with van der Waals surface area (Å²) in [5.41, 5.74) is 1.96. The van der Waals surface area contributed by atoms with Gasteiger partial charge < -0.3 is 14.4 Å². The van der Waals surface area contributed by atoms with Gasteiger partial charge in [0.05, 0.1) is 17.6 Å². The number of rotatable bonds is 6. The van der Waals surface area contributed by atoms with Crippen LogP contribution < -0.4 is 10.6 Å². The largest absolute Gasteiger partial charge is 0.416 e. The Balaban J connectivity index is 2.03. The van der Waals surface area contributed by atoms with Crippen LogP contribution in [0.5, 0.6) is 0 Å². The molecule has 1 N–H and O–H groups in total. The zero-order valence-corrected chi connectivity index (χ0v) is 17.4. The molecule has 2 aromatic carbocycles. The van der Waals surface area contributed by atoms with Gasteiger partial charge in [0.15, 0.2) is 0 Å². The van der Waals surface area contributed by atoms with Crippen molar-refractivity contribution in [2.75, 3.05) is 17.6 Å². The topological polar surface area (TPSA) is 46.9 Å². The minimum Gasteiger partial charge on any atom is -0.355 e. The molecular weight excluding hydrogens is 398 g/mol. The van der Waals surface area contributed by atoms with Crippen molar-refractivity contribution in [3.8, 4) is 11.3 Å². The van der Waals surface area contributed by atoms with Crippen molar-refractivity contribution in [3.63, 3.8) is 0 Å². The van der Waals surface area contributed by atoms with Crippen LogP contribution in [0, 0.1) is 0 Å². The molecule has 3 aromatic rings. The van der Waals surface area contributed by atoms with E-state index in [-0.39, 0.29) is 0 Å². The van der Waals surface area contributed by atoms with Crippen molar-refractivity contribution in [2.45, 2.75) is 20.0 Å². The second-order valence-corrected chi connectivity index (χ2v) is 10.4. The average Bonchev–Trinajstić information content (AvgIpc) is 3.13. The summed E-state index contributed by atoms with van der Waals surface area (Å²) in [7, 11) is -0.635. The van der Waals surface area contributed by atoms with Crippen molar-refractivity contribution in [3.05, 3.63) is 60.6 Å². The standard InChI is InChI=1S/C21H23F3N3OP/c1-4-29(28,5-2)17-10-11-19(18(12-17)20-13-27(3)14-25-20)26-16-8-6-15(7-9-16)21(22,23)24/h6-14,26H,4-5H2,1-3H3. The third-order valence-corrected chi connectivity index (χ3v) is 8.23. The third kappa shape index (κ3) is 4.56. The maximum atomic E-state index is 13.2. The Bertz CT molecular complexity index is 1030. The van der Waals surface area contributed by atoms with Crippen molar-refractivity contribution in [1.82, 2.24) is 9.55 Å². The highest BCUT2D eigenvalue weighted by molar-refractivity contribution is 7.71. The fourth-order valence-electron chi connectivity index (χ4n) is 3.15. The zero-order valence-electron chi connectivity index (χ0n) is 16.5. The molecule has 0 saturated carbocycles. The van der Waals surface area contributed by atoms with Gasteiger partial charge in [-0.05, 0) is 42.5 Å². The van der Waals surface area contributed by atoms with Crippen LogP contribution in [0.15, 0.2) is 55.0 Å². The molecule has 4 nitrogen and oxygen atoms in total. The SMILES string of the molecule is CCP(=O)(CC)c1ccc(Nc2ccc(C(F)(F)F)cc2)c(-c2cn(C)cn2)c1. The van der Waals surface area contributed by atoms with E-state index >= 15 is 0 Å². The second kappa shape index (κ2) is 8.07. The first-order chi connectivity index (χ1) is 13.7. The number of benzene rings is 2. The van der Waals surface area contributed by atoms with Gasteiger partial charge in [-0.2, -0.15) is 13.2 Å². The molecule has 0 bridgehead atoms. The highest BCUT2D eigenvalue weighted by atomic mass is 31.2. The molecule has 0 saturated heterocycles. The molecule has 154 valence electrons. The summed E-state index contributed by atoms with van der Waals surface area (Å²) in [5, 5.41) is 3.95. The average molecular weight is 421 g/mol. The van der Waals surface area contributed by atoms with Gasteiger partial charge >= 0.3 is 6.18 Å². The molecule has 0 aliphatic carbocycles. The molecule has 0 spiro atoms. The molecule has 0 atom stereocenters. The Morgan fingerprint density at radius 1 is 1.07 bits per heavy atom. The van der Waals surface area contributed by atoms with Crippen molar-refractivity contribution < 1.29 is 17.7 Å². The minimum atomic E-state index is -4.37. The molecule has 1 aromatic heterocycles. The van der Waals surface area contributed by atoms with E-state index in [1.807, 2.05) is 49.9 Å². The number of imidazole rings is 1. The van der Waals surface area contributed by atoms with Gasteiger partial charge in [-0.3, -0.25) is 0 Å². The summed E-state index contributed by atoms with van der Waals surface area (Å²) < 4.78 is 53.4. The van der Waals surface area contributed by atoms with Gasteiger partial charge in [-0.25, -0.2) is 4.98 Å². The molecule has 0 radical (unpaired) electrons. The van der Waals surface area contributed by atoms with Crippen molar-refractivity contribution >= 4 is 23.8 Å². The number of alkyl halides is 3. The zero-order chi connectivity index (χ0) is 21.2. The first-order valence-electron chi connectivity index (χ1n) is 9.31. The summed E-state index contributed by atoms with van der Waals surface area (Å²) in [6, 6.07) is 10.4. The number of aryl methyl sites for hydroxylation is 1. The van der Waals surface area contributed by atoms with E-state index < -0.39 is 18.9 Å². The normalized spacial score (nSPS) is 12.2. The van der Waals surface area contributed by atoms with Crippen LogP contribution in [0.2, 0.25) is 0 Å². The van der Waals surface area contributed by atoms with Gasteiger partial charge in [0.1, 0.15) is 7.14 Å². The molecule has 29 heavy (non-hydrogen) atoms. The number of aromatic nitrogens is 2. The molecule has 0 fully saturated rings. The second-order valence-electron chi connectivity index (χ2n) is 6.88. The first-order valence-corrected chi connectivity index (χ1v) is 11.4. The van der Waals surface area contributed by atoms with Gasteiger partial charge in [-0.1, -0.05) is 13.8 Å². The Morgan fingerprint density at radius 3 is 2.24 bits per heavy atom. The molecular formula is C21H23F3N3OP. The smallest absolute Gasteiger partial charge is 0.355 e. The van der Waals surface area contributed by atoms with Crippen LogP contribution in [-0.4, -0.2) is 21.9 Å². The monoisotopic (exact) mass is 421 g/mol. The summed E-state index contributed by atoms with van der Waals surface area (Å²) in [5.74, 6) is 0. The Morgan fingerprint density at radius 2 is 1.72 bits per heavy atom. The number of nitrogens with zero attached hydrogens (tertiary/aromatic N) is 2. The fourth-order valence-corrected chi connectivity index (χ4v) is 5.03. The van der Waals surface area contributed by atoms with Gasteiger partial charge in [0, 0.05) is 47.8 Å². The minimum absolute atomic E-state index is 0.525. The molecule has 0 unspecified atom stereocenters. The quantitative estimate of drug-likeness (QED) is 0.506. The number of hydrogen-bond acceptors (Lipinski definition) is 3. The van der Waals surface area contributed by atoms with Crippen LogP contribution in [0.3, 0.4) is 0 Å². The predicted molar refractivity (Wildman–Crippen MR) is 112 cm³/mol. The van der Waals surface area contributed by atoms with E-state index in [4.69, 9.17) is 0 Å². The highest BCUT2D eigenvalue weighted by Crippen LogP contribution is 2.45. The van der Waals surface area contributed by atoms with Crippen LogP contribution in [0.4, 0.5) is 24.5 Å². The van der Waals surface area contributed by atoms with Crippen LogP contribution >= 0.6 is 7.14 Å². The number of nitrogens with one attached hydrogen (secondary N) is 1. The lowest BCUT2D eigenvalue weighted by Gasteiger charge is -2.18. The molecule has 0 aliphatic heterocycles. The van der Waals surface area contributed by atoms with Gasteiger partial charge in [0.2, 0.25) is 0 Å². The lowest BCUT2D eigenvalue weighted by molar-refractivity contribution is -0.137. The highest BCUT2D eigenvalue weighted by Gasteiger charge is 2.30. The van der Waals surface area contributed by atoms with Gasteiger partial charge in [0.25, 0.3) is 0 Å². The Kier molecular flexibility index (Phi) is 5.90. The summed E-state index contributed by atoms with van der Waals surface area (Å²) in [6.45, 7) is 3.83. The maximum Gasteiger partial charge on any atom is 0.416 e. The predicted octanol–water partition coefficient (Wildman–Crippen LogP) is 5.88. The summed E-state index contributed by atoms with van der Waals surface area (Å²) >= 11 is 0. The van der Waals surface area contributed by atoms with E-state index in [9.17, 15) is 17.7 Å². The number of halogens is 3.